The van der Waals surface area contributed by atoms with Gasteiger partial charge in [0.15, 0.2) is 11.5 Å². The summed E-state index contributed by atoms with van der Waals surface area (Å²) in [7, 11) is 3.07. The Balaban J connectivity index is 1.63. The molecule has 3 atom stereocenters. The summed E-state index contributed by atoms with van der Waals surface area (Å²) in [4.78, 5) is 49.4. The number of nitrogens with one attached hydrogen (secondary N) is 1. The molecule has 41 heavy (non-hydrogen) atoms. The van der Waals surface area contributed by atoms with Crippen molar-refractivity contribution in [3.63, 3.8) is 0 Å². The third-order valence-corrected chi connectivity index (χ3v) is 7.01. The van der Waals surface area contributed by atoms with Crippen LogP contribution in [0.4, 0.5) is 4.79 Å². The molecule has 1 aliphatic heterocycles. The molecule has 224 valence electrons. The van der Waals surface area contributed by atoms with Gasteiger partial charge in [-0.1, -0.05) is 20.8 Å². The van der Waals surface area contributed by atoms with E-state index >= 15 is 0 Å². The molecule has 12 heteroatoms. The number of alkyl carbamates (subject to hydrolysis) is 1. The lowest BCUT2D eigenvalue weighted by Gasteiger charge is -2.35. The third-order valence-electron chi connectivity index (χ3n) is 7.01. The van der Waals surface area contributed by atoms with Crippen LogP contribution < -0.4 is 19.5 Å². The topological polar surface area (TPSA) is 149 Å². The van der Waals surface area contributed by atoms with Crippen LogP contribution in [0.25, 0.3) is 10.9 Å². The fraction of sp³-hybridized carbons (Fsp3) is 0.621. The van der Waals surface area contributed by atoms with Crippen LogP contribution >= 0.6 is 0 Å². The zero-order valence-corrected chi connectivity index (χ0v) is 24.9. The Hall–Kier alpha value is -3.83. The molecule has 2 aromatic rings. The molecule has 1 aromatic heterocycles. The maximum Gasteiger partial charge on any atom is 0.408 e. The van der Waals surface area contributed by atoms with Crippen LogP contribution in [0, 0.1) is 5.41 Å². The Morgan fingerprint density at radius 1 is 1.02 bits per heavy atom. The number of hydrogen-bond donors (Lipinski definition) is 2. The monoisotopic (exact) mass is 572 g/mol. The van der Waals surface area contributed by atoms with Crippen LogP contribution in [0.15, 0.2) is 12.1 Å². The van der Waals surface area contributed by atoms with Gasteiger partial charge in [-0.05, 0) is 45.1 Å². The van der Waals surface area contributed by atoms with Gasteiger partial charge in [-0.3, -0.25) is 4.79 Å². The van der Waals surface area contributed by atoms with Crippen molar-refractivity contribution in [2.24, 2.45) is 5.41 Å². The lowest BCUT2D eigenvalue weighted by atomic mass is 9.85. The maximum atomic E-state index is 13.8. The van der Waals surface area contributed by atoms with E-state index in [1.807, 2.05) is 0 Å². The normalized spacial score (nSPS) is 20.0. The van der Waals surface area contributed by atoms with Crippen molar-refractivity contribution < 1.29 is 38.4 Å². The van der Waals surface area contributed by atoms with Gasteiger partial charge in [-0.2, -0.15) is 4.98 Å². The van der Waals surface area contributed by atoms with Crippen LogP contribution in [-0.2, 0) is 14.3 Å². The van der Waals surface area contributed by atoms with Crippen molar-refractivity contribution in [2.45, 2.75) is 90.5 Å². The SMILES string of the molecule is COc1cc2nc(C3CC3)nc(OC3CC(C(=O)O)N(C(=O)C(NC(=O)OC(C)(C)C)C(C)(C)C)C3)c2cc1OC. The minimum atomic E-state index is -1.16. The first-order valence-corrected chi connectivity index (χ1v) is 13.7. The summed E-state index contributed by atoms with van der Waals surface area (Å²) in [6.07, 6.45) is 0.574. The van der Waals surface area contributed by atoms with E-state index in [0.717, 1.165) is 12.8 Å². The number of fused-ring (bicyclic) bond motifs is 1. The number of likely N-dealkylation sites (tertiary alicyclic amines) is 1. The summed E-state index contributed by atoms with van der Waals surface area (Å²) in [5.74, 6) is 0.470. The van der Waals surface area contributed by atoms with Crippen molar-refractivity contribution in [3.8, 4) is 17.4 Å². The molecular formula is C29H40N4O8. The van der Waals surface area contributed by atoms with Gasteiger partial charge in [0.1, 0.15) is 29.6 Å². The number of nitrogens with zero attached hydrogens (tertiary/aromatic N) is 3. The molecule has 1 aliphatic carbocycles. The minimum absolute atomic E-state index is 0.00404. The number of ether oxygens (including phenoxy) is 4. The molecule has 1 aromatic carbocycles. The smallest absolute Gasteiger partial charge is 0.408 e. The van der Waals surface area contributed by atoms with Gasteiger partial charge in [0, 0.05) is 18.4 Å². The summed E-state index contributed by atoms with van der Waals surface area (Å²) in [6.45, 7) is 10.5. The van der Waals surface area contributed by atoms with Crippen molar-refractivity contribution >= 4 is 28.9 Å². The molecule has 2 amide bonds. The summed E-state index contributed by atoms with van der Waals surface area (Å²) >= 11 is 0. The second-order valence-corrected chi connectivity index (χ2v) is 12.7. The Morgan fingerprint density at radius 2 is 1.66 bits per heavy atom. The summed E-state index contributed by atoms with van der Waals surface area (Å²) in [6, 6.07) is 1.31. The molecule has 2 aliphatic rings. The van der Waals surface area contributed by atoms with Crippen molar-refractivity contribution in [1.82, 2.24) is 20.2 Å². The summed E-state index contributed by atoms with van der Waals surface area (Å²) in [5.41, 5.74) is -0.879. The quantitative estimate of drug-likeness (QED) is 0.477. The average molecular weight is 573 g/mol. The first kappa shape index (κ1) is 30.1. The molecule has 0 radical (unpaired) electrons. The Morgan fingerprint density at radius 3 is 2.20 bits per heavy atom. The fourth-order valence-electron chi connectivity index (χ4n) is 4.82. The van der Waals surface area contributed by atoms with Crippen LogP contribution in [-0.4, -0.2) is 82.5 Å². The molecule has 3 unspecified atom stereocenters. The zero-order valence-electron chi connectivity index (χ0n) is 24.9. The molecule has 0 spiro atoms. The molecular weight excluding hydrogens is 532 g/mol. The molecule has 2 N–H and O–H groups in total. The van der Waals surface area contributed by atoms with Gasteiger partial charge in [0.05, 0.1) is 31.7 Å². The Labute approximate surface area is 239 Å². The number of carboxylic acids is 1. The number of methoxy groups -OCH3 is 2. The van der Waals surface area contributed by atoms with Gasteiger partial charge >= 0.3 is 12.1 Å². The Kier molecular flexibility index (Phi) is 8.24. The van der Waals surface area contributed by atoms with E-state index in [2.05, 4.69) is 5.32 Å². The number of aliphatic carboxylic acids is 1. The van der Waals surface area contributed by atoms with Crippen LogP contribution in [0.1, 0.15) is 72.5 Å². The fourth-order valence-corrected chi connectivity index (χ4v) is 4.82. The second-order valence-electron chi connectivity index (χ2n) is 12.7. The van der Waals surface area contributed by atoms with Gasteiger partial charge in [-0.15, -0.1) is 0 Å². The van der Waals surface area contributed by atoms with E-state index in [9.17, 15) is 19.5 Å². The number of carbonyl (C=O) groups excluding carboxylic acids is 2. The number of carboxylic acid groups (broad SMARTS) is 1. The maximum absolute atomic E-state index is 13.8. The average Bonchev–Trinajstić information content (AvgIpc) is 3.63. The predicted molar refractivity (Wildman–Crippen MR) is 149 cm³/mol. The van der Waals surface area contributed by atoms with E-state index in [1.54, 1.807) is 60.8 Å². The predicted octanol–water partition coefficient (Wildman–Crippen LogP) is 3.90. The second kappa shape index (κ2) is 11.2. The lowest BCUT2D eigenvalue weighted by molar-refractivity contribution is -0.150. The van der Waals surface area contributed by atoms with Crippen LogP contribution in [0.2, 0.25) is 0 Å². The van der Waals surface area contributed by atoms with E-state index < -0.39 is 47.2 Å². The van der Waals surface area contributed by atoms with Gasteiger partial charge < -0.3 is 34.3 Å². The van der Waals surface area contributed by atoms with Crippen molar-refractivity contribution in [1.29, 1.82) is 0 Å². The molecule has 2 fully saturated rings. The summed E-state index contributed by atoms with van der Waals surface area (Å²) in [5, 5.41) is 13.3. The van der Waals surface area contributed by atoms with Crippen molar-refractivity contribution in [2.75, 3.05) is 20.8 Å². The first-order valence-electron chi connectivity index (χ1n) is 13.7. The minimum Gasteiger partial charge on any atom is -0.493 e. The van der Waals surface area contributed by atoms with E-state index in [-0.39, 0.29) is 18.9 Å². The summed E-state index contributed by atoms with van der Waals surface area (Å²) < 4.78 is 22.6. The number of benzene rings is 1. The van der Waals surface area contributed by atoms with Crippen molar-refractivity contribution in [3.05, 3.63) is 18.0 Å². The zero-order chi connectivity index (χ0) is 30.3. The number of carbonyl (C=O) groups is 3. The highest BCUT2D eigenvalue weighted by molar-refractivity contribution is 5.91. The highest BCUT2D eigenvalue weighted by Crippen LogP contribution is 2.42. The van der Waals surface area contributed by atoms with Crippen LogP contribution in [0.3, 0.4) is 0 Å². The van der Waals surface area contributed by atoms with E-state index in [0.29, 0.717) is 34.1 Å². The molecule has 0 bridgehead atoms. The van der Waals surface area contributed by atoms with Crippen LogP contribution in [0.5, 0.6) is 17.4 Å². The Bertz CT molecular complexity index is 1330. The molecule has 1 saturated carbocycles. The van der Waals surface area contributed by atoms with Gasteiger partial charge in [-0.25, -0.2) is 14.6 Å². The van der Waals surface area contributed by atoms with Gasteiger partial charge in [0.2, 0.25) is 11.8 Å². The highest BCUT2D eigenvalue weighted by atomic mass is 16.6. The number of hydrogen-bond acceptors (Lipinski definition) is 9. The number of aromatic nitrogens is 2. The highest BCUT2D eigenvalue weighted by Gasteiger charge is 2.46. The molecule has 2 heterocycles. The van der Waals surface area contributed by atoms with E-state index in [4.69, 9.17) is 28.9 Å². The first-order chi connectivity index (χ1) is 19.1. The lowest BCUT2D eigenvalue weighted by Crippen LogP contribution is -2.57. The van der Waals surface area contributed by atoms with E-state index in [1.165, 1.54) is 12.0 Å². The molecule has 12 nitrogen and oxygen atoms in total. The van der Waals surface area contributed by atoms with Gasteiger partial charge in [0.25, 0.3) is 0 Å². The third kappa shape index (κ3) is 6.91. The standard InChI is InChI=1S/C29H40N4O8/c1-28(2,3)22(31-27(37)41-29(4,5)6)25(34)33-14-16(11-19(33)26(35)36)40-24-17-12-20(38-7)21(39-8)13-18(17)30-23(32-24)15-9-10-15/h12-13,15-16,19,22H,9-11,14H2,1-8H3,(H,31,37)(H,35,36). The number of amides is 2. The largest absolute Gasteiger partial charge is 0.493 e. The molecule has 1 saturated heterocycles. The molecule has 4 rings (SSSR count). The number of rotatable bonds is 8.